The molecule has 8 nitrogen and oxygen atoms in total. The predicted molar refractivity (Wildman–Crippen MR) is 132 cm³/mol. The summed E-state index contributed by atoms with van der Waals surface area (Å²) in [6, 6.07) is 18.0. The summed E-state index contributed by atoms with van der Waals surface area (Å²) in [5, 5.41) is 3.26. The van der Waals surface area contributed by atoms with Crippen molar-refractivity contribution in [2.45, 2.75) is 37.3 Å². The Morgan fingerprint density at radius 2 is 1.80 bits per heavy atom. The molecule has 2 aliphatic rings. The van der Waals surface area contributed by atoms with E-state index in [9.17, 15) is 9.59 Å². The van der Waals surface area contributed by atoms with Gasteiger partial charge in [-0.2, -0.15) is 0 Å². The Kier molecular flexibility index (Phi) is 6.83. The molecule has 3 heterocycles. The molecule has 35 heavy (non-hydrogen) atoms. The van der Waals surface area contributed by atoms with E-state index in [0.717, 1.165) is 22.4 Å². The fourth-order valence-corrected chi connectivity index (χ4v) is 5.11. The van der Waals surface area contributed by atoms with Crippen molar-refractivity contribution in [1.29, 1.82) is 0 Å². The molecular weight excluding hydrogens is 444 g/mol. The number of imidazole rings is 1. The Morgan fingerprint density at radius 1 is 1.06 bits per heavy atom. The number of aryl methyl sites for hydroxylation is 2. The molecule has 184 valence electrons. The second-order valence-corrected chi connectivity index (χ2v) is 9.32. The summed E-state index contributed by atoms with van der Waals surface area (Å²) in [5.74, 6) is 0.719. The van der Waals surface area contributed by atoms with Gasteiger partial charge in [0.1, 0.15) is 5.82 Å². The van der Waals surface area contributed by atoms with Gasteiger partial charge in [0.2, 0.25) is 5.91 Å². The third-order valence-electron chi connectivity index (χ3n) is 7.19. The van der Waals surface area contributed by atoms with Crippen molar-refractivity contribution in [3.63, 3.8) is 0 Å². The Balaban J connectivity index is 1.22. The van der Waals surface area contributed by atoms with Crippen LogP contribution < -0.4 is 5.32 Å². The molecule has 2 aliphatic heterocycles. The van der Waals surface area contributed by atoms with Gasteiger partial charge >= 0.3 is 0 Å². The van der Waals surface area contributed by atoms with Gasteiger partial charge in [-0.25, -0.2) is 4.98 Å². The second kappa shape index (κ2) is 10.2. The lowest BCUT2D eigenvalue weighted by Gasteiger charge is -2.40. The summed E-state index contributed by atoms with van der Waals surface area (Å²) in [6.45, 7) is 2.27. The molecule has 3 aromatic rings. The average molecular weight is 477 g/mol. The molecule has 1 N–H and O–H groups in total. The molecule has 1 atom stereocenters. The summed E-state index contributed by atoms with van der Waals surface area (Å²) in [7, 11) is 1.98. The molecule has 2 amide bonds. The quantitative estimate of drug-likeness (QED) is 0.591. The summed E-state index contributed by atoms with van der Waals surface area (Å²) >= 11 is 0. The first-order valence-corrected chi connectivity index (χ1v) is 12.3. The Labute approximate surface area is 205 Å². The number of nitrogens with one attached hydrogen (secondary N) is 1. The number of para-hydroxylation sites is 2. The van der Waals surface area contributed by atoms with Crippen LogP contribution in [0.5, 0.6) is 0 Å². The lowest BCUT2D eigenvalue weighted by atomic mass is 9.82. The maximum Gasteiger partial charge on any atom is 0.251 e. The minimum Gasteiger partial charge on any atom is -0.381 e. The molecule has 2 aromatic carbocycles. The number of amides is 2. The van der Waals surface area contributed by atoms with Gasteiger partial charge in [0, 0.05) is 39.6 Å². The SMILES string of the molecule is Cn1c(CCC(=O)N2CCOC(C(=O)NC3(c4ccccc4)CCOCC3)C2)nc2ccccc21. The van der Waals surface area contributed by atoms with E-state index in [2.05, 4.69) is 10.3 Å². The van der Waals surface area contributed by atoms with Gasteiger partial charge in [0.25, 0.3) is 5.91 Å². The lowest BCUT2D eigenvalue weighted by molar-refractivity contribution is -0.149. The van der Waals surface area contributed by atoms with Crippen LogP contribution in [-0.2, 0) is 38.1 Å². The van der Waals surface area contributed by atoms with E-state index in [4.69, 9.17) is 9.47 Å². The van der Waals surface area contributed by atoms with Gasteiger partial charge < -0.3 is 24.3 Å². The van der Waals surface area contributed by atoms with Crippen molar-refractivity contribution in [3.05, 3.63) is 66.0 Å². The van der Waals surface area contributed by atoms with Crippen molar-refractivity contribution in [2.24, 2.45) is 7.05 Å². The van der Waals surface area contributed by atoms with Gasteiger partial charge in [-0.3, -0.25) is 9.59 Å². The fourth-order valence-electron chi connectivity index (χ4n) is 5.11. The molecule has 0 spiro atoms. The van der Waals surface area contributed by atoms with Crippen LogP contribution in [0.4, 0.5) is 0 Å². The minimum absolute atomic E-state index is 0.0157. The monoisotopic (exact) mass is 476 g/mol. The van der Waals surface area contributed by atoms with Crippen molar-refractivity contribution < 1.29 is 19.1 Å². The van der Waals surface area contributed by atoms with Crippen molar-refractivity contribution in [2.75, 3.05) is 32.9 Å². The maximum atomic E-state index is 13.3. The number of carbonyl (C=O) groups is 2. The van der Waals surface area contributed by atoms with Crippen LogP contribution in [0, 0.1) is 0 Å². The molecule has 0 aliphatic carbocycles. The number of benzene rings is 2. The highest BCUT2D eigenvalue weighted by molar-refractivity contribution is 5.84. The topological polar surface area (TPSA) is 85.7 Å². The molecule has 5 rings (SSSR count). The first-order valence-electron chi connectivity index (χ1n) is 12.3. The van der Waals surface area contributed by atoms with Gasteiger partial charge in [-0.15, -0.1) is 0 Å². The zero-order valence-corrected chi connectivity index (χ0v) is 20.1. The Morgan fingerprint density at radius 3 is 2.57 bits per heavy atom. The van der Waals surface area contributed by atoms with Crippen LogP contribution in [0.2, 0.25) is 0 Å². The molecule has 1 unspecified atom stereocenters. The van der Waals surface area contributed by atoms with E-state index in [0.29, 0.717) is 52.0 Å². The number of carbonyl (C=O) groups excluding carboxylic acids is 2. The zero-order chi connectivity index (χ0) is 24.3. The highest BCUT2D eigenvalue weighted by atomic mass is 16.5. The number of morpholine rings is 1. The predicted octanol–water partition coefficient (Wildman–Crippen LogP) is 2.56. The van der Waals surface area contributed by atoms with Crippen LogP contribution in [0.3, 0.4) is 0 Å². The van der Waals surface area contributed by atoms with E-state index in [1.54, 1.807) is 4.90 Å². The Hall–Kier alpha value is -3.23. The first-order chi connectivity index (χ1) is 17.1. The van der Waals surface area contributed by atoms with E-state index < -0.39 is 11.6 Å². The molecule has 1 aromatic heterocycles. The summed E-state index contributed by atoms with van der Waals surface area (Å²) in [6.07, 6.45) is 1.62. The molecule has 0 radical (unpaired) electrons. The Bertz CT molecular complexity index is 1190. The summed E-state index contributed by atoms with van der Waals surface area (Å²) in [5.41, 5.74) is 2.58. The number of hydrogen-bond donors (Lipinski definition) is 1. The molecule has 2 saturated heterocycles. The van der Waals surface area contributed by atoms with Gasteiger partial charge in [-0.1, -0.05) is 42.5 Å². The number of aromatic nitrogens is 2. The highest BCUT2D eigenvalue weighted by Crippen LogP contribution is 2.32. The molecular formula is C27H32N4O4. The fraction of sp³-hybridized carbons (Fsp3) is 0.444. The second-order valence-electron chi connectivity index (χ2n) is 9.32. The first kappa shape index (κ1) is 23.5. The van der Waals surface area contributed by atoms with E-state index in [1.807, 2.05) is 66.2 Å². The number of fused-ring (bicyclic) bond motifs is 1. The van der Waals surface area contributed by atoms with Crippen molar-refractivity contribution >= 4 is 22.8 Å². The van der Waals surface area contributed by atoms with Crippen LogP contribution >= 0.6 is 0 Å². The molecule has 0 bridgehead atoms. The molecule has 0 saturated carbocycles. The van der Waals surface area contributed by atoms with Gasteiger partial charge in [0.15, 0.2) is 6.10 Å². The normalized spacial score (nSPS) is 20.0. The van der Waals surface area contributed by atoms with Gasteiger partial charge in [-0.05, 0) is 30.5 Å². The van der Waals surface area contributed by atoms with Crippen LogP contribution in [0.25, 0.3) is 11.0 Å². The summed E-state index contributed by atoms with van der Waals surface area (Å²) in [4.78, 5) is 32.7. The van der Waals surface area contributed by atoms with Crippen LogP contribution in [-0.4, -0.2) is 65.3 Å². The zero-order valence-electron chi connectivity index (χ0n) is 20.1. The van der Waals surface area contributed by atoms with E-state index in [-0.39, 0.29) is 18.4 Å². The third kappa shape index (κ3) is 4.94. The molecule has 2 fully saturated rings. The average Bonchev–Trinajstić information content (AvgIpc) is 3.23. The lowest BCUT2D eigenvalue weighted by Crippen LogP contribution is -2.57. The van der Waals surface area contributed by atoms with E-state index >= 15 is 0 Å². The van der Waals surface area contributed by atoms with E-state index in [1.165, 1.54) is 0 Å². The van der Waals surface area contributed by atoms with Crippen LogP contribution in [0.15, 0.2) is 54.6 Å². The number of ether oxygens (including phenoxy) is 2. The smallest absolute Gasteiger partial charge is 0.251 e. The number of rotatable bonds is 6. The largest absolute Gasteiger partial charge is 0.381 e. The number of nitrogens with zero attached hydrogens (tertiary/aromatic N) is 3. The molecule has 8 heteroatoms. The van der Waals surface area contributed by atoms with Crippen molar-refractivity contribution in [3.8, 4) is 0 Å². The van der Waals surface area contributed by atoms with Gasteiger partial charge in [0.05, 0.1) is 29.7 Å². The standard InChI is InChI=1S/C27H32N4O4/c1-30-22-10-6-5-9-21(22)28-24(30)11-12-25(32)31-15-18-35-23(19-31)26(33)29-27(13-16-34-17-14-27)20-7-3-2-4-8-20/h2-10,23H,11-19H2,1H3,(H,29,33). The third-order valence-corrected chi connectivity index (χ3v) is 7.19. The summed E-state index contributed by atoms with van der Waals surface area (Å²) < 4.78 is 13.4. The number of hydrogen-bond acceptors (Lipinski definition) is 5. The highest BCUT2D eigenvalue weighted by Gasteiger charge is 2.39. The minimum atomic E-state index is -0.688. The van der Waals surface area contributed by atoms with Crippen molar-refractivity contribution in [1.82, 2.24) is 19.8 Å². The van der Waals surface area contributed by atoms with Crippen LogP contribution in [0.1, 0.15) is 30.7 Å². The maximum absolute atomic E-state index is 13.3.